The van der Waals surface area contributed by atoms with Gasteiger partial charge in [0.05, 0.1) is 44.6 Å². The molecule has 3 atom stereocenters. The number of amides is 2. The molecule has 0 saturated carbocycles. The van der Waals surface area contributed by atoms with Gasteiger partial charge in [-0.25, -0.2) is 4.79 Å². The Balaban J connectivity index is 1.02. The van der Waals surface area contributed by atoms with Crippen molar-refractivity contribution in [1.29, 1.82) is 0 Å². The molecular formula is C34H45N9O3. The van der Waals surface area contributed by atoms with Crippen LogP contribution in [0.4, 0.5) is 33.8 Å². The predicted molar refractivity (Wildman–Crippen MR) is 181 cm³/mol. The van der Waals surface area contributed by atoms with Crippen molar-refractivity contribution in [2.75, 3.05) is 84.5 Å². The van der Waals surface area contributed by atoms with E-state index in [4.69, 9.17) is 24.4 Å². The van der Waals surface area contributed by atoms with Gasteiger partial charge in [-0.3, -0.25) is 4.90 Å². The summed E-state index contributed by atoms with van der Waals surface area (Å²) in [5.41, 5.74) is 3.47. The minimum Gasteiger partial charge on any atom is -0.377 e. The lowest BCUT2D eigenvalue weighted by Crippen LogP contribution is -2.48. The quantitative estimate of drug-likeness (QED) is 0.393. The summed E-state index contributed by atoms with van der Waals surface area (Å²) in [6, 6.07) is 16.7. The van der Waals surface area contributed by atoms with Gasteiger partial charge >= 0.3 is 6.03 Å². The maximum absolute atomic E-state index is 12.9. The number of anilines is 5. The lowest BCUT2D eigenvalue weighted by molar-refractivity contribution is 0.0895. The van der Waals surface area contributed by atoms with E-state index in [9.17, 15) is 4.79 Å². The largest absolute Gasteiger partial charge is 0.377 e. The van der Waals surface area contributed by atoms with Gasteiger partial charge in [-0.05, 0) is 82.1 Å². The Morgan fingerprint density at radius 3 is 2.04 bits per heavy atom. The van der Waals surface area contributed by atoms with E-state index in [1.807, 2.05) is 36.4 Å². The smallest absolute Gasteiger partial charge is 0.323 e. The first-order valence-electron chi connectivity index (χ1n) is 16.7. The van der Waals surface area contributed by atoms with Gasteiger partial charge in [-0.2, -0.15) is 15.0 Å². The van der Waals surface area contributed by atoms with Crippen LogP contribution in [0.2, 0.25) is 0 Å². The molecule has 12 nitrogen and oxygen atoms in total. The van der Waals surface area contributed by atoms with Crippen LogP contribution in [0.1, 0.15) is 33.6 Å². The average Bonchev–Trinajstić information content (AvgIpc) is 3.33. The molecule has 3 unspecified atom stereocenters. The van der Waals surface area contributed by atoms with E-state index in [1.165, 1.54) is 5.69 Å². The van der Waals surface area contributed by atoms with E-state index in [-0.39, 0.29) is 24.2 Å². The van der Waals surface area contributed by atoms with E-state index in [2.05, 4.69) is 63.1 Å². The van der Waals surface area contributed by atoms with Crippen LogP contribution >= 0.6 is 0 Å². The summed E-state index contributed by atoms with van der Waals surface area (Å²) < 4.78 is 11.5. The number of hydrogen-bond donors (Lipinski definition) is 2. The van der Waals surface area contributed by atoms with Crippen molar-refractivity contribution in [3.8, 4) is 11.4 Å². The molecule has 0 radical (unpaired) electrons. The number of carbonyl (C=O) groups excluding carboxylic acids is 1. The summed E-state index contributed by atoms with van der Waals surface area (Å²) in [4.78, 5) is 37.2. The van der Waals surface area contributed by atoms with Gasteiger partial charge in [0, 0.05) is 61.4 Å². The van der Waals surface area contributed by atoms with Crippen molar-refractivity contribution in [1.82, 2.24) is 19.9 Å². The van der Waals surface area contributed by atoms with Gasteiger partial charge in [-0.1, -0.05) is 0 Å². The lowest BCUT2D eigenvalue weighted by atomic mass is 10.2. The minimum absolute atomic E-state index is 0.167. The molecule has 2 N–H and O–H groups in total. The number of ether oxygens (including phenoxy) is 2. The molecule has 1 aromatic heterocycles. The van der Waals surface area contributed by atoms with Gasteiger partial charge in [0.25, 0.3) is 0 Å². The molecule has 7 rings (SSSR count). The standard InChI is InChI=1S/C34H45N9O3/c1-23(2)40-14-16-41(17-15-40)28-10-8-27(9-11-28)36-34(44)35-26-6-4-25(5-7-26)31-37-32(42-18-19-45-20-24(42)3)39-33(38-31)43-29-12-13-30(43)22-46-21-29/h4-11,23-24,29-30H,12-22H2,1-3H3,(H2,35,36,44). The first-order chi connectivity index (χ1) is 22.4. The van der Waals surface area contributed by atoms with Crippen LogP contribution in [0.3, 0.4) is 0 Å². The SMILES string of the molecule is CC(C)N1CCN(c2ccc(NC(=O)Nc3ccc(-c4nc(N5CCOCC5C)nc(N5C6CCC5COC6)n4)cc3)cc2)CC1. The summed E-state index contributed by atoms with van der Waals surface area (Å²) in [6.45, 7) is 14.2. The highest BCUT2D eigenvalue weighted by Crippen LogP contribution is 2.34. The third-order valence-electron chi connectivity index (χ3n) is 9.64. The normalized spacial score (nSPS) is 23.6. The number of nitrogens with zero attached hydrogens (tertiary/aromatic N) is 7. The molecule has 4 saturated heterocycles. The fourth-order valence-electron chi connectivity index (χ4n) is 6.95. The molecule has 4 fully saturated rings. The molecule has 2 amide bonds. The summed E-state index contributed by atoms with van der Waals surface area (Å²) in [5.74, 6) is 2.00. The van der Waals surface area contributed by atoms with Crippen LogP contribution in [0.5, 0.6) is 0 Å². The maximum atomic E-state index is 12.9. The topological polar surface area (TPSA) is 111 Å². The number of fused-ring (bicyclic) bond motifs is 2. The molecule has 2 bridgehead atoms. The van der Waals surface area contributed by atoms with Gasteiger partial charge in [-0.15, -0.1) is 0 Å². The first-order valence-corrected chi connectivity index (χ1v) is 16.7. The monoisotopic (exact) mass is 627 g/mol. The van der Waals surface area contributed by atoms with Gasteiger partial charge in [0.15, 0.2) is 5.82 Å². The van der Waals surface area contributed by atoms with Crippen LogP contribution in [0.15, 0.2) is 48.5 Å². The van der Waals surface area contributed by atoms with Crippen LogP contribution in [-0.2, 0) is 9.47 Å². The molecule has 4 aliphatic rings. The Labute approximate surface area is 271 Å². The van der Waals surface area contributed by atoms with E-state index in [0.717, 1.165) is 56.8 Å². The Morgan fingerprint density at radius 2 is 1.41 bits per heavy atom. The number of benzene rings is 2. The van der Waals surface area contributed by atoms with Gasteiger partial charge < -0.3 is 34.8 Å². The Hall–Kier alpha value is -4.00. The molecule has 4 aliphatic heterocycles. The molecule has 0 aliphatic carbocycles. The molecule has 12 heteroatoms. The zero-order valence-electron chi connectivity index (χ0n) is 27.1. The van der Waals surface area contributed by atoms with Crippen LogP contribution < -0.4 is 25.3 Å². The summed E-state index contributed by atoms with van der Waals surface area (Å²) in [6.07, 6.45) is 2.16. The zero-order valence-corrected chi connectivity index (χ0v) is 27.1. The fraction of sp³-hybridized carbons (Fsp3) is 0.529. The van der Waals surface area contributed by atoms with E-state index >= 15 is 0 Å². The number of piperazine rings is 1. The Kier molecular flexibility index (Phi) is 8.92. The third kappa shape index (κ3) is 6.60. The highest BCUT2D eigenvalue weighted by atomic mass is 16.5. The maximum Gasteiger partial charge on any atom is 0.323 e. The van der Waals surface area contributed by atoms with Crippen LogP contribution in [0, 0.1) is 0 Å². The van der Waals surface area contributed by atoms with E-state index in [1.54, 1.807) is 0 Å². The first kappa shape index (κ1) is 30.6. The van der Waals surface area contributed by atoms with E-state index < -0.39 is 0 Å². The number of rotatable bonds is 7. The van der Waals surface area contributed by atoms with Crippen molar-refractivity contribution in [3.63, 3.8) is 0 Å². The third-order valence-corrected chi connectivity index (χ3v) is 9.64. The van der Waals surface area contributed by atoms with Crippen molar-refractivity contribution >= 4 is 35.0 Å². The number of carbonyl (C=O) groups is 1. The van der Waals surface area contributed by atoms with Crippen molar-refractivity contribution in [3.05, 3.63) is 48.5 Å². The average molecular weight is 628 g/mol. The van der Waals surface area contributed by atoms with Crippen molar-refractivity contribution in [2.45, 2.75) is 57.8 Å². The van der Waals surface area contributed by atoms with E-state index in [0.29, 0.717) is 55.9 Å². The molecule has 46 heavy (non-hydrogen) atoms. The predicted octanol–water partition coefficient (Wildman–Crippen LogP) is 4.31. The number of urea groups is 1. The highest BCUT2D eigenvalue weighted by molar-refractivity contribution is 6.00. The van der Waals surface area contributed by atoms with Crippen molar-refractivity contribution in [2.24, 2.45) is 0 Å². The summed E-state index contributed by atoms with van der Waals surface area (Å²) >= 11 is 0. The molecule has 2 aromatic carbocycles. The number of hydrogen-bond acceptors (Lipinski definition) is 10. The summed E-state index contributed by atoms with van der Waals surface area (Å²) in [5, 5.41) is 5.90. The molecule has 0 spiro atoms. The van der Waals surface area contributed by atoms with Crippen LogP contribution in [-0.4, -0.2) is 109 Å². The number of morpholine rings is 2. The highest BCUT2D eigenvalue weighted by Gasteiger charge is 2.39. The molecular weight excluding hydrogens is 582 g/mol. The second kappa shape index (κ2) is 13.4. The fourth-order valence-corrected chi connectivity index (χ4v) is 6.95. The number of nitrogens with one attached hydrogen (secondary N) is 2. The zero-order chi connectivity index (χ0) is 31.6. The Morgan fingerprint density at radius 1 is 0.783 bits per heavy atom. The van der Waals surface area contributed by atoms with Crippen LogP contribution in [0.25, 0.3) is 11.4 Å². The second-order valence-electron chi connectivity index (χ2n) is 13.0. The Bertz CT molecular complexity index is 1480. The molecule has 244 valence electrons. The van der Waals surface area contributed by atoms with Crippen molar-refractivity contribution < 1.29 is 14.3 Å². The molecule has 5 heterocycles. The second-order valence-corrected chi connectivity index (χ2v) is 13.0. The lowest BCUT2D eigenvalue weighted by Gasteiger charge is -2.38. The minimum atomic E-state index is -0.292. The number of aromatic nitrogens is 3. The molecule has 3 aromatic rings. The van der Waals surface area contributed by atoms with Gasteiger partial charge in [0.1, 0.15) is 0 Å². The van der Waals surface area contributed by atoms with Gasteiger partial charge in [0.2, 0.25) is 11.9 Å². The summed E-state index contributed by atoms with van der Waals surface area (Å²) in [7, 11) is 0.